The summed E-state index contributed by atoms with van der Waals surface area (Å²) in [4.78, 5) is 0. The fraction of sp³-hybridized carbons (Fsp3) is 1.00. The van der Waals surface area contributed by atoms with Gasteiger partial charge in [0.15, 0.2) is 24.7 Å². The summed E-state index contributed by atoms with van der Waals surface area (Å²) in [6.07, 6.45) is -21.6. The van der Waals surface area contributed by atoms with Gasteiger partial charge in [0.25, 0.3) is 0 Å². The molecule has 0 aromatic rings. The third-order valence-electron chi connectivity index (χ3n) is 2.29. The van der Waals surface area contributed by atoms with E-state index in [-0.39, 0.29) is 0 Å². The van der Waals surface area contributed by atoms with Crippen molar-refractivity contribution in [2.45, 2.75) is 49.4 Å². The molecule has 10 heteroatoms. The van der Waals surface area contributed by atoms with Gasteiger partial charge in [-0.05, 0) is 0 Å². The lowest BCUT2D eigenvalue weighted by Crippen LogP contribution is -2.51. The lowest BCUT2D eigenvalue weighted by Gasteiger charge is -2.27. The fourth-order valence-electron chi connectivity index (χ4n) is 1.19. The van der Waals surface area contributed by atoms with Crippen molar-refractivity contribution in [2.75, 3.05) is 6.67 Å². The molecule has 0 aromatic carbocycles. The van der Waals surface area contributed by atoms with Crippen LogP contribution in [-0.2, 0) is 0 Å². The van der Waals surface area contributed by atoms with Crippen molar-refractivity contribution in [3.63, 3.8) is 0 Å². The summed E-state index contributed by atoms with van der Waals surface area (Å²) in [6, 6.07) is 0. The van der Waals surface area contributed by atoms with Crippen LogP contribution in [0.3, 0.4) is 0 Å². The van der Waals surface area contributed by atoms with E-state index in [9.17, 15) is 30.7 Å². The average molecular weight is 302 g/mol. The molecule has 116 valence electrons. The van der Waals surface area contributed by atoms with Gasteiger partial charge in [0.2, 0.25) is 6.17 Å². The van der Waals surface area contributed by atoms with E-state index in [4.69, 9.17) is 15.3 Å². The van der Waals surface area contributed by atoms with Gasteiger partial charge in [-0.2, -0.15) is 0 Å². The molecule has 6 unspecified atom stereocenters. The Kier molecular flexibility index (Phi) is 7.01. The Balaban J connectivity index is 4.67. The minimum Gasteiger partial charge on any atom is -0.341 e. The first-order valence-corrected chi connectivity index (χ1v) is 5.11. The van der Waals surface area contributed by atoms with Crippen LogP contribution >= 0.6 is 0 Å². The van der Waals surface area contributed by atoms with Crippen molar-refractivity contribution < 1.29 is 46.1 Å². The van der Waals surface area contributed by atoms with E-state index in [1.807, 2.05) is 0 Å². The molecule has 3 N–H and O–H groups in total. The van der Waals surface area contributed by atoms with Crippen LogP contribution in [0.2, 0.25) is 0 Å². The predicted octanol–water partition coefficient (Wildman–Crippen LogP) is 1.01. The molecule has 0 aliphatic heterocycles. The SMILES string of the molecule is OC(O)(O)C(F)C(F)C(F)C(F)C(F)C(F)CCF. The summed E-state index contributed by atoms with van der Waals surface area (Å²) in [5.41, 5.74) is 0. The first kappa shape index (κ1) is 18.4. The van der Waals surface area contributed by atoms with Gasteiger partial charge in [-0.1, -0.05) is 0 Å². The van der Waals surface area contributed by atoms with Crippen LogP contribution in [0.15, 0.2) is 0 Å². The van der Waals surface area contributed by atoms with Crippen LogP contribution in [0.25, 0.3) is 0 Å². The molecule has 0 aliphatic rings. The first-order valence-electron chi connectivity index (χ1n) is 5.11. The summed E-state index contributed by atoms with van der Waals surface area (Å²) >= 11 is 0. The molecule has 19 heavy (non-hydrogen) atoms. The second-order valence-corrected chi connectivity index (χ2v) is 3.86. The topological polar surface area (TPSA) is 60.7 Å². The van der Waals surface area contributed by atoms with Crippen molar-refractivity contribution in [2.24, 2.45) is 0 Å². The van der Waals surface area contributed by atoms with Crippen LogP contribution in [0.4, 0.5) is 30.7 Å². The smallest absolute Gasteiger partial charge is 0.311 e. The van der Waals surface area contributed by atoms with Gasteiger partial charge in [-0.3, -0.25) is 4.39 Å². The summed E-state index contributed by atoms with van der Waals surface area (Å²) < 4.78 is 88.9. The van der Waals surface area contributed by atoms with Gasteiger partial charge in [0.05, 0.1) is 6.67 Å². The summed E-state index contributed by atoms with van der Waals surface area (Å²) in [6.45, 7) is -1.37. The lowest BCUT2D eigenvalue weighted by molar-refractivity contribution is -0.352. The van der Waals surface area contributed by atoms with Gasteiger partial charge in [0.1, 0.15) is 6.17 Å². The fourth-order valence-corrected chi connectivity index (χ4v) is 1.19. The van der Waals surface area contributed by atoms with E-state index in [1.165, 1.54) is 0 Å². The molecule has 0 saturated heterocycles. The van der Waals surface area contributed by atoms with Crippen LogP contribution in [0.1, 0.15) is 6.42 Å². The van der Waals surface area contributed by atoms with Crippen LogP contribution in [0, 0.1) is 0 Å². The molecule has 0 saturated carbocycles. The highest BCUT2D eigenvalue weighted by molar-refractivity contribution is 4.90. The maximum Gasteiger partial charge on any atom is 0.311 e. The molecular weight excluding hydrogens is 289 g/mol. The maximum atomic E-state index is 13.0. The van der Waals surface area contributed by atoms with Crippen molar-refractivity contribution in [1.82, 2.24) is 0 Å². The molecular formula is C9H13F7O3. The van der Waals surface area contributed by atoms with Crippen LogP contribution in [0.5, 0.6) is 0 Å². The Bertz CT molecular complexity index is 263. The van der Waals surface area contributed by atoms with Crippen molar-refractivity contribution >= 4 is 0 Å². The molecule has 0 rings (SSSR count). The van der Waals surface area contributed by atoms with E-state index in [0.717, 1.165) is 0 Å². The van der Waals surface area contributed by atoms with Crippen molar-refractivity contribution in [1.29, 1.82) is 0 Å². The molecule has 0 amide bonds. The van der Waals surface area contributed by atoms with Gasteiger partial charge < -0.3 is 15.3 Å². The van der Waals surface area contributed by atoms with Gasteiger partial charge >= 0.3 is 5.97 Å². The highest BCUT2D eigenvalue weighted by atomic mass is 19.2. The van der Waals surface area contributed by atoms with Gasteiger partial charge in [-0.15, -0.1) is 0 Å². The molecule has 0 aromatic heterocycles. The molecule has 0 spiro atoms. The summed E-state index contributed by atoms with van der Waals surface area (Å²) in [5, 5.41) is 24.6. The standard InChI is InChI=1S/C9H13F7O3/c10-2-1-3(11)4(12)5(13)6(14)7(15)8(16)9(17,18)19/h3-8,17-19H,1-2H2. The Labute approximate surface area is 103 Å². The number of rotatable bonds is 8. The van der Waals surface area contributed by atoms with Crippen molar-refractivity contribution in [3.05, 3.63) is 0 Å². The van der Waals surface area contributed by atoms with Crippen LogP contribution < -0.4 is 0 Å². The van der Waals surface area contributed by atoms with Gasteiger partial charge in [-0.25, -0.2) is 26.3 Å². The van der Waals surface area contributed by atoms with E-state index >= 15 is 0 Å². The molecule has 0 aliphatic carbocycles. The number of hydrogen-bond acceptors (Lipinski definition) is 3. The monoisotopic (exact) mass is 302 g/mol. The number of hydrogen-bond donors (Lipinski definition) is 3. The molecule has 6 atom stereocenters. The molecule has 3 nitrogen and oxygen atoms in total. The van der Waals surface area contributed by atoms with Crippen LogP contribution in [-0.4, -0.2) is 65.0 Å². The van der Waals surface area contributed by atoms with E-state index in [2.05, 4.69) is 0 Å². The van der Waals surface area contributed by atoms with Crippen molar-refractivity contribution in [3.8, 4) is 0 Å². The first-order chi connectivity index (χ1) is 8.53. The summed E-state index contributed by atoms with van der Waals surface area (Å²) in [5.74, 6) is -4.30. The van der Waals surface area contributed by atoms with E-state index < -0.39 is 56.1 Å². The zero-order chi connectivity index (χ0) is 15.4. The second kappa shape index (κ2) is 7.25. The Hall–Kier alpha value is -0.610. The number of aliphatic hydroxyl groups is 3. The largest absolute Gasteiger partial charge is 0.341 e. The minimum atomic E-state index is -4.30. The molecule has 0 radical (unpaired) electrons. The second-order valence-electron chi connectivity index (χ2n) is 3.86. The van der Waals surface area contributed by atoms with Gasteiger partial charge in [0, 0.05) is 6.42 Å². The third kappa shape index (κ3) is 5.11. The molecule has 0 heterocycles. The highest BCUT2D eigenvalue weighted by Crippen LogP contribution is 2.27. The average Bonchev–Trinajstić information content (AvgIpc) is 2.33. The summed E-state index contributed by atoms with van der Waals surface area (Å²) in [7, 11) is 0. The number of alkyl halides is 7. The Morgan fingerprint density at radius 1 is 0.737 bits per heavy atom. The third-order valence-corrected chi connectivity index (χ3v) is 2.29. The quantitative estimate of drug-likeness (QED) is 0.463. The minimum absolute atomic E-state index is 1.10. The zero-order valence-corrected chi connectivity index (χ0v) is 9.37. The van der Waals surface area contributed by atoms with E-state index in [0.29, 0.717) is 0 Å². The maximum absolute atomic E-state index is 13.0. The molecule has 0 bridgehead atoms. The Morgan fingerprint density at radius 3 is 1.53 bits per heavy atom. The predicted molar refractivity (Wildman–Crippen MR) is 49.4 cm³/mol. The zero-order valence-electron chi connectivity index (χ0n) is 9.37. The Morgan fingerprint density at radius 2 is 1.16 bits per heavy atom. The lowest BCUT2D eigenvalue weighted by atomic mass is 9.99. The van der Waals surface area contributed by atoms with E-state index in [1.54, 1.807) is 0 Å². The normalized spacial score (nSPS) is 22.4. The highest BCUT2D eigenvalue weighted by Gasteiger charge is 2.49. The molecule has 0 fully saturated rings. The number of halogens is 7.